The number of rotatable bonds is 7. The fourth-order valence-electron chi connectivity index (χ4n) is 3.00. The van der Waals surface area contributed by atoms with Gasteiger partial charge in [0.2, 0.25) is 0 Å². The highest BCUT2D eigenvalue weighted by Gasteiger charge is 2.24. The number of nitrogens with zero attached hydrogens (tertiary/aromatic N) is 3. The maximum Gasteiger partial charge on any atom is 0.272 e. The highest BCUT2D eigenvalue weighted by molar-refractivity contribution is 6.31. The lowest BCUT2D eigenvalue weighted by Crippen LogP contribution is -2.38. The zero-order chi connectivity index (χ0) is 21.0. The first-order valence-corrected chi connectivity index (χ1v) is 9.17. The normalized spacial score (nSPS) is 12.9. The van der Waals surface area contributed by atoms with Crippen molar-refractivity contribution in [3.05, 3.63) is 87.2 Å². The molecule has 0 aliphatic heterocycles. The fraction of sp³-hybridized carbons (Fsp3) is 0.200. The van der Waals surface area contributed by atoms with Gasteiger partial charge >= 0.3 is 0 Å². The molecule has 8 nitrogen and oxygen atoms in total. The molecule has 1 aromatic heterocycles. The number of ether oxygens (including phenoxy) is 1. The van der Waals surface area contributed by atoms with E-state index in [4.69, 9.17) is 16.3 Å². The molecule has 2 aromatic carbocycles. The second-order valence-corrected chi connectivity index (χ2v) is 6.77. The van der Waals surface area contributed by atoms with Crippen molar-refractivity contribution >= 4 is 23.2 Å². The molecule has 150 valence electrons. The number of amides is 1. The smallest absolute Gasteiger partial charge is 0.272 e. The SMILES string of the molecule is COC(c1ccccc1Cl)C(C)NC(=O)c1ccn(-c2cccc([N+](=O)[O-])c2)n1. The van der Waals surface area contributed by atoms with Gasteiger partial charge in [-0.05, 0) is 25.1 Å². The Morgan fingerprint density at radius 3 is 2.69 bits per heavy atom. The number of halogens is 1. The minimum atomic E-state index is -0.484. The minimum absolute atomic E-state index is 0.0553. The number of carbonyl (C=O) groups excluding carboxylic acids is 1. The van der Waals surface area contributed by atoms with Crippen LogP contribution in [0, 0.1) is 10.1 Å². The van der Waals surface area contributed by atoms with Crippen LogP contribution < -0.4 is 5.32 Å². The van der Waals surface area contributed by atoms with Gasteiger partial charge in [0.25, 0.3) is 11.6 Å². The summed E-state index contributed by atoms with van der Waals surface area (Å²) >= 11 is 6.25. The predicted octanol–water partition coefficient (Wildman–Crippen LogP) is 3.94. The van der Waals surface area contributed by atoms with Gasteiger partial charge in [-0.15, -0.1) is 0 Å². The van der Waals surface area contributed by atoms with Gasteiger partial charge in [-0.25, -0.2) is 4.68 Å². The van der Waals surface area contributed by atoms with E-state index in [-0.39, 0.29) is 17.4 Å². The van der Waals surface area contributed by atoms with Crippen molar-refractivity contribution in [2.24, 2.45) is 0 Å². The van der Waals surface area contributed by atoms with Crippen LogP contribution in [-0.2, 0) is 4.74 Å². The van der Waals surface area contributed by atoms with Crippen molar-refractivity contribution in [3.8, 4) is 5.69 Å². The van der Waals surface area contributed by atoms with Gasteiger partial charge in [-0.3, -0.25) is 14.9 Å². The number of nitro benzene ring substituents is 1. The molecule has 0 saturated carbocycles. The maximum atomic E-state index is 12.6. The molecular formula is C20H19ClN4O4. The highest BCUT2D eigenvalue weighted by atomic mass is 35.5. The summed E-state index contributed by atoms with van der Waals surface area (Å²) in [4.78, 5) is 23.1. The molecule has 0 spiro atoms. The summed E-state index contributed by atoms with van der Waals surface area (Å²) in [5, 5.41) is 18.6. The zero-order valence-electron chi connectivity index (χ0n) is 15.8. The Balaban J connectivity index is 1.75. The Kier molecular flexibility index (Phi) is 6.26. The molecule has 0 aliphatic rings. The molecule has 0 saturated heterocycles. The summed E-state index contributed by atoms with van der Waals surface area (Å²) in [6, 6.07) is 14.4. The summed E-state index contributed by atoms with van der Waals surface area (Å²) in [6.07, 6.45) is 1.13. The molecular weight excluding hydrogens is 396 g/mol. The van der Waals surface area contributed by atoms with Crippen molar-refractivity contribution in [2.45, 2.75) is 19.1 Å². The van der Waals surface area contributed by atoms with Gasteiger partial charge in [-0.1, -0.05) is 35.9 Å². The van der Waals surface area contributed by atoms with Gasteiger partial charge < -0.3 is 10.1 Å². The Bertz CT molecular complexity index is 1040. The van der Waals surface area contributed by atoms with Crippen LogP contribution in [0.2, 0.25) is 5.02 Å². The van der Waals surface area contributed by atoms with E-state index >= 15 is 0 Å². The molecule has 2 atom stereocenters. The molecule has 0 aliphatic carbocycles. The Labute approximate surface area is 172 Å². The molecule has 0 fully saturated rings. The van der Waals surface area contributed by atoms with Crippen LogP contribution in [0.3, 0.4) is 0 Å². The topological polar surface area (TPSA) is 99.3 Å². The van der Waals surface area contributed by atoms with E-state index in [2.05, 4.69) is 10.4 Å². The molecule has 0 bridgehead atoms. The van der Waals surface area contributed by atoms with Crippen molar-refractivity contribution in [1.82, 2.24) is 15.1 Å². The number of benzene rings is 2. The molecule has 2 unspecified atom stereocenters. The van der Waals surface area contributed by atoms with E-state index in [1.54, 1.807) is 31.5 Å². The second kappa shape index (κ2) is 8.85. The molecule has 9 heteroatoms. The number of non-ortho nitro benzene ring substituents is 1. The van der Waals surface area contributed by atoms with Crippen molar-refractivity contribution in [3.63, 3.8) is 0 Å². The summed E-state index contributed by atoms with van der Waals surface area (Å²) in [5.41, 5.74) is 1.38. The van der Waals surface area contributed by atoms with Gasteiger partial charge in [-0.2, -0.15) is 5.10 Å². The van der Waals surface area contributed by atoms with Crippen molar-refractivity contribution in [2.75, 3.05) is 7.11 Å². The Morgan fingerprint density at radius 1 is 1.24 bits per heavy atom. The Morgan fingerprint density at radius 2 is 2.00 bits per heavy atom. The molecule has 1 heterocycles. The number of nitro groups is 1. The molecule has 3 aromatic rings. The van der Waals surface area contributed by atoms with Crippen LogP contribution in [0.5, 0.6) is 0 Å². The van der Waals surface area contributed by atoms with E-state index in [1.807, 2.05) is 25.1 Å². The average molecular weight is 415 g/mol. The van der Waals surface area contributed by atoms with Crippen molar-refractivity contribution < 1.29 is 14.5 Å². The minimum Gasteiger partial charge on any atom is -0.375 e. The van der Waals surface area contributed by atoms with Gasteiger partial charge in [0.05, 0.1) is 16.7 Å². The second-order valence-electron chi connectivity index (χ2n) is 6.36. The summed E-state index contributed by atoms with van der Waals surface area (Å²) in [6.45, 7) is 1.81. The number of aromatic nitrogens is 2. The number of hydrogen-bond donors (Lipinski definition) is 1. The largest absolute Gasteiger partial charge is 0.375 e. The van der Waals surface area contributed by atoms with E-state index in [9.17, 15) is 14.9 Å². The number of carbonyl (C=O) groups is 1. The lowest BCUT2D eigenvalue weighted by Gasteiger charge is -2.24. The van der Waals surface area contributed by atoms with Gasteiger partial charge in [0.15, 0.2) is 5.69 Å². The van der Waals surface area contributed by atoms with Crippen molar-refractivity contribution in [1.29, 1.82) is 0 Å². The molecule has 29 heavy (non-hydrogen) atoms. The van der Waals surface area contributed by atoms with Crippen LogP contribution in [-0.4, -0.2) is 33.8 Å². The van der Waals surface area contributed by atoms with E-state index in [1.165, 1.54) is 22.9 Å². The van der Waals surface area contributed by atoms with Crippen LogP contribution in [0.25, 0.3) is 5.69 Å². The third kappa shape index (κ3) is 4.61. The van der Waals surface area contributed by atoms with E-state index in [0.717, 1.165) is 5.56 Å². The molecule has 3 rings (SSSR count). The highest BCUT2D eigenvalue weighted by Crippen LogP contribution is 2.27. The predicted molar refractivity (Wildman–Crippen MR) is 108 cm³/mol. The van der Waals surface area contributed by atoms with Crippen LogP contribution >= 0.6 is 11.6 Å². The number of nitrogens with one attached hydrogen (secondary N) is 1. The van der Waals surface area contributed by atoms with Gasteiger partial charge in [0, 0.05) is 36.0 Å². The monoisotopic (exact) mass is 414 g/mol. The maximum absolute atomic E-state index is 12.6. The van der Waals surface area contributed by atoms with Gasteiger partial charge in [0.1, 0.15) is 6.10 Å². The zero-order valence-corrected chi connectivity index (χ0v) is 16.5. The first-order chi connectivity index (χ1) is 13.9. The lowest BCUT2D eigenvalue weighted by molar-refractivity contribution is -0.384. The number of hydrogen-bond acceptors (Lipinski definition) is 5. The third-order valence-corrected chi connectivity index (χ3v) is 4.75. The number of methoxy groups -OCH3 is 1. The fourth-order valence-corrected chi connectivity index (χ4v) is 3.24. The molecule has 1 amide bonds. The standard InChI is InChI=1S/C20H19ClN4O4/c1-13(19(29-2)16-8-3-4-9-17(16)21)22-20(26)18-10-11-24(23-18)14-6-5-7-15(12-14)25(27)28/h3-13,19H,1-2H3,(H,22,26). The first kappa shape index (κ1) is 20.5. The molecule has 0 radical (unpaired) electrons. The lowest BCUT2D eigenvalue weighted by atomic mass is 10.0. The Hall–Kier alpha value is -3.23. The van der Waals surface area contributed by atoms with Crippen LogP contribution in [0.1, 0.15) is 29.1 Å². The van der Waals surface area contributed by atoms with Crippen LogP contribution in [0.4, 0.5) is 5.69 Å². The molecule has 1 N–H and O–H groups in total. The third-order valence-electron chi connectivity index (χ3n) is 4.41. The summed E-state index contributed by atoms with van der Waals surface area (Å²) in [7, 11) is 1.55. The summed E-state index contributed by atoms with van der Waals surface area (Å²) in [5.74, 6) is -0.393. The first-order valence-electron chi connectivity index (χ1n) is 8.79. The quantitative estimate of drug-likeness (QED) is 0.466. The van der Waals surface area contributed by atoms with Crippen LogP contribution in [0.15, 0.2) is 60.8 Å². The summed E-state index contributed by atoms with van der Waals surface area (Å²) < 4.78 is 6.95. The average Bonchev–Trinajstić information content (AvgIpc) is 3.20. The van der Waals surface area contributed by atoms with E-state index < -0.39 is 16.9 Å². The van der Waals surface area contributed by atoms with E-state index in [0.29, 0.717) is 10.7 Å².